The van der Waals surface area contributed by atoms with E-state index >= 15 is 0 Å². The third-order valence-electron chi connectivity index (χ3n) is 1.72. The van der Waals surface area contributed by atoms with Crippen molar-refractivity contribution in [3.63, 3.8) is 0 Å². The lowest BCUT2D eigenvalue weighted by Crippen LogP contribution is -2.09. The van der Waals surface area contributed by atoms with Crippen LogP contribution in [0.3, 0.4) is 0 Å². The van der Waals surface area contributed by atoms with Crippen LogP contribution < -0.4 is 0 Å². The molecule has 0 fully saturated rings. The van der Waals surface area contributed by atoms with Crippen molar-refractivity contribution in [2.75, 3.05) is 0 Å². The number of carbonyl (C=O) groups is 1. The van der Waals surface area contributed by atoms with Gasteiger partial charge in [0.15, 0.2) is 6.10 Å². The number of carboxylic acid groups (broad SMARTS) is 1. The maximum Gasteiger partial charge on any atom is 0.337 e. The van der Waals surface area contributed by atoms with Crippen LogP contribution in [0.25, 0.3) is 6.08 Å². The molecule has 1 unspecified atom stereocenters. The number of aliphatic carboxylic acids is 1. The first kappa shape index (κ1) is 9.48. The van der Waals surface area contributed by atoms with Gasteiger partial charge in [-0.2, -0.15) is 0 Å². The molecule has 3 nitrogen and oxygen atoms in total. The Balaban J connectivity index is 2.91. The number of benzene rings is 1. The predicted molar refractivity (Wildman–Crippen MR) is 49.1 cm³/mol. The van der Waals surface area contributed by atoms with Gasteiger partial charge < -0.3 is 10.2 Å². The van der Waals surface area contributed by atoms with Crippen molar-refractivity contribution in [1.82, 2.24) is 0 Å². The van der Waals surface area contributed by atoms with E-state index in [1.807, 2.05) is 0 Å². The van der Waals surface area contributed by atoms with Gasteiger partial charge in [0.05, 0.1) is 0 Å². The Labute approximate surface area is 76.0 Å². The summed E-state index contributed by atoms with van der Waals surface area (Å²) in [5, 5.41) is 17.6. The van der Waals surface area contributed by atoms with Crippen LogP contribution in [0.4, 0.5) is 0 Å². The van der Waals surface area contributed by atoms with Crippen molar-refractivity contribution in [2.45, 2.75) is 6.10 Å². The summed E-state index contributed by atoms with van der Waals surface area (Å²) in [6, 6.07) is 6.54. The van der Waals surface area contributed by atoms with Gasteiger partial charge in [0.25, 0.3) is 0 Å². The molecule has 1 aromatic carbocycles. The van der Waals surface area contributed by atoms with Crippen molar-refractivity contribution in [3.05, 3.63) is 42.0 Å². The van der Waals surface area contributed by atoms with Gasteiger partial charge in [-0.3, -0.25) is 0 Å². The van der Waals surface area contributed by atoms with Crippen molar-refractivity contribution in [3.8, 4) is 0 Å². The first-order chi connectivity index (χ1) is 6.15. The summed E-state index contributed by atoms with van der Waals surface area (Å²) in [7, 11) is 0. The summed E-state index contributed by atoms with van der Waals surface area (Å²) in [6.07, 6.45) is 0.204. The zero-order valence-corrected chi connectivity index (χ0v) is 6.97. The SMILES string of the molecule is C=Cc1ccc(C(O)C(=O)O)cc1. The van der Waals surface area contributed by atoms with E-state index in [2.05, 4.69) is 6.58 Å². The normalized spacial score (nSPS) is 12.1. The summed E-state index contributed by atoms with van der Waals surface area (Å²) < 4.78 is 0. The molecule has 2 N–H and O–H groups in total. The van der Waals surface area contributed by atoms with Crippen molar-refractivity contribution >= 4 is 12.0 Å². The molecule has 1 aromatic rings. The Morgan fingerprint density at radius 1 is 1.38 bits per heavy atom. The van der Waals surface area contributed by atoms with Gasteiger partial charge in [0.1, 0.15) is 0 Å². The highest BCUT2D eigenvalue weighted by Gasteiger charge is 2.14. The quantitative estimate of drug-likeness (QED) is 0.736. The largest absolute Gasteiger partial charge is 0.479 e. The third kappa shape index (κ3) is 2.16. The van der Waals surface area contributed by atoms with Crippen LogP contribution in [0.1, 0.15) is 17.2 Å². The van der Waals surface area contributed by atoms with Crippen LogP contribution >= 0.6 is 0 Å². The highest BCUT2D eigenvalue weighted by atomic mass is 16.4. The van der Waals surface area contributed by atoms with Gasteiger partial charge in [-0.1, -0.05) is 36.9 Å². The topological polar surface area (TPSA) is 57.5 Å². The van der Waals surface area contributed by atoms with E-state index in [4.69, 9.17) is 10.2 Å². The molecule has 1 rings (SSSR count). The molecule has 0 saturated carbocycles. The maximum atomic E-state index is 10.4. The van der Waals surface area contributed by atoms with Crippen LogP contribution in [0.15, 0.2) is 30.8 Å². The summed E-state index contributed by atoms with van der Waals surface area (Å²) >= 11 is 0. The van der Waals surface area contributed by atoms with E-state index in [0.717, 1.165) is 5.56 Å². The van der Waals surface area contributed by atoms with Gasteiger partial charge >= 0.3 is 5.97 Å². The fourth-order valence-electron chi connectivity index (χ4n) is 0.957. The molecular formula is C10H10O3. The second-order valence-electron chi connectivity index (χ2n) is 2.61. The zero-order valence-electron chi connectivity index (χ0n) is 6.97. The van der Waals surface area contributed by atoms with Gasteiger partial charge in [-0.25, -0.2) is 4.79 Å². The standard InChI is InChI=1S/C10H10O3/c1-2-7-3-5-8(6-4-7)9(11)10(12)13/h2-6,9,11H,1H2,(H,12,13). The minimum atomic E-state index is -1.45. The minimum absolute atomic E-state index is 0.373. The molecule has 0 spiro atoms. The van der Waals surface area contributed by atoms with Gasteiger partial charge in [0.2, 0.25) is 0 Å². The number of aliphatic hydroxyl groups is 1. The molecule has 3 heteroatoms. The van der Waals surface area contributed by atoms with Crippen LogP contribution in [0.2, 0.25) is 0 Å². The minimum Gasteiger partial charge on any atom is -0.479 e. The molecule has 0 aliphatic heterocycles. The number of carboxylic acids is 1. The zero-order chi connectivity index (χ0) is 9.84. The first-order valence-electron chi connectivity index (χ1n) is 3.78. The Morgan fingerprint density at radius 2 is 1.92 bits per heavy atom. The molecule has 1 atom stereocenters. The van der Waals surface area contributed by atoms with E-state index in [9.17, 15) is 4.79 Å². The summed E-state index contributed by atoms with van der Waals surface area (Å²) in [5.41, 5.74) is 1.26. The second-order valence-corrected chi connectivity index (χ2v) is 2.61. The van der Waals surface area contributed by atoms with Crippen molar-refractivity contribution in [2.24, 2.45) is 0 Å². The highest BCUT2D eigenvalue weighted by Crippen LogP contribution is 2.14. The van der Waals surface area contributed by atoms with Crippen LogP contribution in [0, 0.1) is 0 Å². The third-order valence-corrected chi connectivity index (χ3v) is 1.72. The van der Waals surface area contributed by atoms with Crippen molar-refractivity contribution < 1.29 is 15.0 Å². The average Bonchev–Trinajstić information content (AvgIpc) is 2.17. The fourth-order valence-corrected chi connectivity index (χ4v) is 0.957. The fraction of sp³-hybridized carbons (Fsp3) is 0.100. The van der Waals surface area contributed by atoms with Gasteiger partial charge in [0, 0.05) is 0 Å². The molecule has 0 heterocycles. The molecule has 0 radical (unpaired) electrons. The Kier molecular flexibility index (Phi) is 2.82. The van der Waals surface area contributed by atoms with E-state index in [1.54, 1.807) is 30.3 Å². The molecule has 68 valence electrons. The smallest absolute Gasteiger partial charge is 0.337 e. The van der Waals surface area contributed by atoms with Gasteiger partial charge in [-0.05, 0) is 11.1 Å². The first-order valence-corrected chi connectivity index (χ1v) is 3.78. The van der Waals surface area contributed by atoms with Crippen LogP contribution in [0.5, 0.6) is 0 Å². The molecule has 0 aliphatic carbocycles. The van der Waals surface area contributed by atoms with E-state index in [0.29, 0.717) is 5.56 Å². The van der Waals surface area contributed by atoms with E-state index in [-0.39, 0.29) is 0 Å². The van der Waals surface area contributed by atoms with Crippen LogP contribution in [-0.4, -0.2) is 16.2 Å². The van der Waals surface area contributed by atoms with Crippen molar-refractivity contribution in [1.29, 1.82) is 0 Å². The van der Waals surface area contributed by atoms with E-state index in [1.165, 1.54) is 0 Å². The summed E-state index contributed by atoms with van der Waals surface area (Å²) in [4.78, 5) is 10.4. The number of rotatable bonds is 3. The monoisotopic (exact) mass is 178 g/mol. The average molecular weight is 178 g/mol. The van der Waals surface area contributed by atoms with Gasteiger partial charge in [-0.15, -0.1) is 0 Å². The number of hydrogen-bond acceptors (Lipinski definition) is 2. The molecule has 13 heavy (non-hydrogen) atoms. The molecule has 0 aliphatic rings. The highest BCUT2D eigenvalue weighted by molar-refractivity contribution is 5.74. The number of hydrogen-bond donors (Lipinski definition) is 2. The molecule has 0 amide bonds. The Bertz CT molecular complexity index is 313. The predicted octanol–water partition coefficient (Wildman–Crippen LogP) is 1.45. The lowest BCUT2D eigenvalue weighted by Gasteiger charge is -2.05. The van der Waals surface area contributed by atoms with E-state index < -0.39 is 12.1 Å². The summed E-state index contributed by atoms with van der Waals surface area (Å²) in [5.74, 6) is -1.24. The molecule has 0 aromatic heterocycles. The Hall–Kier alpha value is -1.61. The Morgan fingerprint density at radius 3 is 2.31 bits per heavy atom. The lowest BCUT2D eigenvalue weighted by atomic mass is 10.1. The second kappa shape index (κ2) is 3.87. The number of aliphatic hydroxyl groups excluding tert-OH is 1. The lowest BCUT2D eigenvalue weighted by molar-refractivity contribution is -0.146. The maximum absolute atomic E-state index is 10.4. The van der Waals surface area contributed by atoms with Crippen LogP contribution in [-0.2, 0) is 4.79 Å². The molecule has 0 bridgehead atoms. The molecular weight excluding hydrogens is 168 g/mol. The molecule has 0 saturated heterocycles. The summed E-state index contributed by atoms with van der Waals surface area (Å²) in [6.45, 7) is 3.56.